The summed E-state index contributed by atoms with van der Waals surface area (Å²) in [5.41, 5.74) is 23.1. The number of nitrogens with one attached hydrogen (secondary N) is 1. The zero-order valence-electron chi connectivity index (χ0n) is 50.2. The Bertz CT molecular complexity index is 4250. The zero-order chi connectivity index (χ0) is 56.4. The summed E-state index contributed by atoms with van der Waals surface area (Å²) in [5, 5.41) is 10.3. The van der Waals surface area contributed by atoms with E-state index in [1.165, 1.54) is 92.1 Å². The molecule has 0 saturated carbocycles. The van der Waals surface area contributed by atoms with Crippen molar-refractivity contribution in [3.05, 3.63) is 179 Å². The Morgan fingerprint density at radius 2 is 1.07 bits per heavy atom. The molecule has 0 saturated heterocycles. The molecule has 0 fully saturated rings. The van der Waals surface area contributed by atoms with E-state index in [0.29, 0.717) is 0 Å². The van der Waals surface area contributed by atoms with Crippen LogP contribution in [0.1, 0.15) is 157 Å². The van der Waals surface area contributed by atoms with Gasteiger partial charge in [-0.25, -0.2) is 0 Å². The van der Waals surface area contributed by atoms with Crippen LogP contribution >= 0.6 is 11.3 Å². The third-order valence-electron chi connectivity index (χ3n) is 18.3. The minimum Gasteiger partial charge on any atom is -0.455 e. The van der Waals surface area contributed by atoms with Crippen molar-refractivity contribution in [2.45, 2.75) is 156 Å². The maximum Gasteiger partial charge on any atom is 0.211 e. The highest BCUT2D eigenvalue weighted by molar-refractivity contribution is 7.29. The van der Waals surface area contributed by atoms with Crippen LogP contribution in [0.4, 0.5) is 28.4 Å². The van der Waals surface area contributed by atoms with Gasteiger partial charge in [-0.3, -0.25) is 0 Å². The molecule has 404 valence electrons. The number of anilines is 5. The molecule has 8 aromatic carbocycles. The first kappa shape index (κ1) is 52.4. The monoisotopic (exact) mass is 1070 g/mol. The molecule has 0 spiro atoms. The van der Waals surface area contributed by atoms with E-state index in [-0.39, 0.29) is 32.5 Å². The Hall–Kier alpha value is -7.02. The largest absolute Gasteiger partial charge is 0.455 e. The van der Waals surface area contributed by atoms with Gasteiger partial charge in [0.05, 0.1) is 22.1 Å². The fourth-order valence-electron chi connectivity index (χ4n) is 13.3. The lowest BCUT2D eigenvalue weighted by Crippen LogP contribution is -2.35. The number of para-hydroxylation sites is 1. The molecule has 1 N–H and O–H groups in total. The van der Waals surface area contributed by atoms with Crippen molar-refractivity contribution in [1.82, 2.24) is 4.57 Å². The van der Waals surface area contributed by atoms with E-state index >= 15 is 0 Å². The van der Waals surface area contributed by atoms with E-state index in [2.05, 4.69) is 271 Å². The standard InChI is InChI=1S/C74H78BN3OS/c1-69(2,3)43-21-28-47(29-22-43)76-57-40-50(77(48-30-23-44(24-31-48)70(4,5)6)49-32-25-45(26-33-49)71(7,8)9)34-35-51(57)61-62-52-19-17-18-20-59(52)79-67(62)63-53-41-55-56(74(15,16)38-37-73(55,13)14)42-58(53)78-65-54-39-46(72(10,11)12)27-36-60(54)80-68(65)75-64(61)66(63)78/h17-36,39-42,75-76H,37-38H2,1-16H3. The van der Waals surface area contributed by atoms with Crippen LogP contribution in [0.5, 0.6) is 0 Å². The van der Waals surface area contributed by atoms with Crippen molar-refractivity contribution < 1.29 is 4.42 Å². The molecule has 4 heterocycles. The zero-order valence-corrected chi connectivity index (χ0v) is 51.0. The molecule has 2 aliphatic rings. The Balaban J connectivity index is 1.15. The van der Waals surface area contributed by atoms with E-state index in [0.717, 1.165) is 70.7 Å². The summed E-state index contributed by atoms with van der Waals surface area (Å²) in [6, 6.07) is 55.9. The fourth-order valence-corrected chi connectivity index (χ4v) is 14.5. The number of hydrogen-bond donors (Lipinski definition) is 1. The maximum absolute atomic E-state index is 7.44. The Labute approximate surface area is 479 Å². The lowest BCUT2D eigenvalue weighted by atomic mass is 9.62. The maximum atomic E-state index is 7.44. The van der Waals surface area contributed by atoms with Gasteiger partial charge in [0.1, 0.15) is 11.2 Å². The summed E-state index contributed by atoms with van der Waals surface area (Å²) in [6.45, 7) is 37.5. The summed E-state index contributed by atoms with van der Waals surface area (Å²) in [6.07, 6.45) is 2.30. The average molecular weight is 1070 g/mol. The predicted octanol–water partition coefficient (Wildman–Crippen LogP) is 20.0. The van der Waals surface area contributed by atoms with E-state index in [4.69, 9.17) is 4.42 Å². The smallest absolute Gasteiger partial charge is 0.211 e. The van der Waals surface area contributed by atoms with Gasteiger partial charge in [0.25, 0.3) is 0 Å². The second-order valence-electron chi connectivity index (χ2n) is 29.0. The van der Waals surface area contributed by atoms with Gasteiger partial charge in [0, 0.05) is 60.2 Å². The summed E-state index contributed by atoms with van der Waals surface area (Å²) in [4.78, 5) is 2.44. The predicted molar refractivity (Wildman–Crippen MR) is 350 cm³/mol. The SMILES string of the molecule is CC(C)(C)c1ccc(Nc2cc(N(c3ccc(C(C)(C)C)cc3)c3ccc(C(C)(C)C)cc3)ccc2-c2c3c4c(c5cc6c(cc5n4-c4c(sc5ccc(C(C)(C)C)cc45)B3)C(C)(C)CCC6(C)C)c3oc4ccccc4c23)cc1. The molecule has 80 heavy (non-hydrogen) atoms. The van der Waals surface area contributed by atoms with Crippen LogP contribution in [-0.4, -0.2) is 11.8 Å². The minimum atomic E-state index is -0.00405. The van der Waals surface area contributed by atoms with Crippen molar-refractivity contribution in [2.75, 3.05) is 10.2 Å². The molecule has 0 bridgehead atoms. The lowest BCUT2D eigenvalue weighted by Gasteiger charge is -2.42. The molecule has 11 aromatic rings. The molecule has 0 radical (unpaired) electrons. The molecular formula is C74H78BN3OS. The number of hydrogen-bond acceptors (Lipinski definition) is 4. The molecule has 1 aliphatic carbocycles. The van der Waals surface area contributed by atoms with Crippen LogP contribution in [0.2, 0.25) is 0 Å². The highest BCUT2D eigenvalue weighted by Gasteiger charge is 2.40. The number of aromatic nitrogens is 1. The minimum absolute atomic E-state index is 0.00405. The van der Waals surface area contributed by atoms with Gasteiger partial charge in [0.2, 0.25) is 7.28 Å². The van der Waals surface area contributed by atoms with Crippen LogP contribution in [0.15, 0.2) is 150 Å². The molecule has 0 atom stereocenters. The molecule has 3 aromatic heterocycles. The average Bonchev–Trinajstić information content (AvgIpc) is 1.88. The normalized spacial score (nSPS) is 15.2. The summed E-state index contributed by atoms with van der Waals surface area (Å²) < 4.78 is 12.9. The molecule has 13 rings (SSSR count). The number of thiophene rings is 1. The van der Waals surface area contributed by atoms with Crippen LogP contribution in [0, 0.1) is 0 Å². The van der Waals surface area contributed by atoms with Gasteiger partial charge in [-0.15, -0.1) is 11.3 Å². The van der Waals surface area contributed by atoms with Gasteiger partial charge in [-0.05, 0) is 173 Å². The molecule has 6 heteroatoms. The van der Waals surface area contributed by atoms with Gasteiger partial charge in [-0.1, -0.05) is 178 Å². The van der Waals surface area contributed by atoms with Gasteiger partial charge >= 0.3 is 0 Å². The lowest BCUT2D eigenvalue weighted by molar-refractivity contribution is 0.332. The first-order chi connectivity index (χ1) is 37.7. The van der Waals surface area contributed by atoms with Crippen LogP contribution in [0.3, 0.4) is 0 Å². The highest BCUT2D eigenvalue weighted by atomic mass is 32.1. The second-order valence-corrected chi connectivity index (χ2v) is 30.2. The topological polar surface area (TPSA) is 33.3 Å². The summed E-state index contributed by atoms with van der Waals surface area (Å²) in [5.74, 6) is 0. The molecule has 0 amide bonds. The van der Waals surface area contributed by atoms with Crippen LogP contribution < -0.4 is 20.5 Å². The van der Waals surface area contributed by atoms with Crippen molar-refractivity contribution in [3.8, 4) is 16.8 Å². The van der Waals surface area contributed by atoms with E-state index < -0.39 is 0 Å². The van der Waals surface area contributed by atoms with E-state index in [9.17, 15) is 0 Å². The van der Waals surface area contributed by atoms with Crippen LogP contribution in [0.25, 0.3) is 70.6 Å². The van der Waals surface area contributed by atoms with Gasteiger partial charge in [0.15, 0.2) is 0 Å². The van der Waals surface area contributed by atoms with Crippen molar-refractivity contribution in [2.24, 2.45) is 0 Å². The first-order valence-electron chi connectivity index (χ1n) is 29.2. The van der Waals surface area contributed by atoms with Gasteiger partial charge in [-0.2, -0.15) is 0 Å². The number of nitrogens with zero attached hydrogens (tertiary/aromatic N) is 2. The quantitative estimate of drug-likeness (QED) is 0.169. The van der Waals surface area contributed by atoms with Crippen molar-refractivity contribution >= 4 is 111 Å². The Morgan fingerprint density at radius 3 is 1.66 bits per heavy atom. The third-order valence-corrected chi connectivity index (χ3v) is 19.5. The first-order valence-corrected chi connectivity index (χ1v) is 30.1. The molecule has 0 unspecified atom stereocenters. The summed E-state index contributed by atoms with van der Waals surface area (Å²) >= 11 is 1.97. The van der Waals surface area contributed by atoms with E-state index in [1.54, 1.807) is 0 Å². The highest BCUT2D eigenvalue weighted by Crippen LogP contribution is 2.53. The molecular weight excluding hydrogens is 990 g/mol. The van der Waals surface area contributed by atoms with Crippen molar-refractivity contribution in [3.63, 3.8) is 0 Å². The number of benzene rings is 8. The van der Waals surface area contributed by atoms with Crippen molar-refractivity contribution in [1.29, 1.82) is 0 Å². The second kappa shape index (κ2) is 17.7. The third kappa shape index (κ3) is 8.44. The summed E-state index contributed by atoms with van der Waals surface area (Å²) in [7, 11) is 0.793. The number of furan rings is 1. The number of rotatable bonds is 6. The fraction of sp³-hybridized carbons (Fsp3) is 0.324. The Morgan fingerprint density at radius 1 is 0.537 bits per heavy atom. The van der Waals surface area contributed by atoms with Gasteiger partial charge < -0.3 is 19.2 Å². The van der Waals surface area contributed by atoms with Crippen LogP contribution in [-0.2, 0) is 32.5 Å². The number of fused-ring (bicyclic) bond motifs is 12. The van der Waals surface area contributed by atoms with E-state index in [1.807, 2.05) is 11.3 Å². The Kier molecular flexibility index (Phi) is 11.6. The molecule has 4 nitrogen and oxygen atoms in total. The molecule has 1 aliphatic heterocycles.